The van der Waals surface area contributed by atoms with Gasteiger partial charge in [0.1, 0.15) is 0 Å². The van der Waals surface area contributed by atoms with Crippen molar-refractivity contribution in [3.8, 4) is 0 Å². The van der Waals surface area contributed by atoms with Crippen molar-refractivity contribution in [3.63, 3.8) is 0 Å². The van der Waals surface area contributed by atoms with Crippen molar-refractivity contribution in [1.82, 2.24) is 9.97 Å². The second-order valence-corrected chi connectivity index (χ2v) is 3.26. The third kappa shape index (κ3) is 1.32. The maximum absolute atomic E-state index is 4.28. The van der Waals surface area contributed by atoms with Gasteiger partial charge in [0.05, 0.1) is 17.4 Å². The van der Waals surface area contributed by atoms with E-state index < -0.39 is 0 Å². The molecule has 0 aliphatic rings. The van der Waals surface area contributed by atoms with Crippen LogP contribution in [-0.4, -0.2) is 9.97 Å². The van der Waals surface area contributed by atoms with Crippen LogP contribution >= 0.6 is 0 Å². The molecule has 2 nitrogen and oxygen atoms in total. The molecule has 0 aliphatic heterocycles. The number of imidazole rings is 1. The Labute approximate surface area is 78.0 Å². The molecule has 2 aromatic rings. The highest BCUT2D eigenvalue weighted by atomic mass is 14.9. The molecule has 68 valence electrons. The average Bonchev–Trinajstić information content (AvgIpc) is 2.63. The van der Waals surface area contributed by atoms with Crippen LogP contribution in [0.5, 0.6) is 0 Å². The van der Waals surface area contributed by atoms with Gasteiger partial charge in [-0.2, -0.15) is 0 Å². The smallest absolute Gasteiger partial charge is 0.0931 e. The van der Waals surface area contributed by atoms with E-state index in [0.29, 0.717) is 0 Å². The maximum atomic E-state index is 4.28. The van der Waals surface area contributed by atoms with E-state index in [9.17, 15) is 0 Å². The lowest BCUT2D eigenvalue weighted by atomic mass is 10.1. The second-order valence-electron chi connectivity index (χ2n) is 3.26. The van der Waals surface area contributed by atoms with Crippen molar-refractivity contribution in [3.05, 3.63) is 29.6 Å². The molecular weight excluding hydrogens is 160 g/mol. The highest BCUT2D eigenvalue weighted by Crippen LogP contribution is 2.18. The van der Waals surface area contributed by atoms with Crippen molar-refractivity contribution >= 4 is 11.0 Å². The van der Waals surface area contributed by atoms with Crippen LogP contribution in [0.4, 0.5) is 0 Å². The standard InChI is InChI=1S/C11H14N2/c1-3-8-5-9(4-2)11-10(6-8)12-7-13-11/h5-7H,3-4H2,1-2H3,(H,12,13). The first-order valence-corrected chi connectivity index (χ1v) is 4.80. The summed E-state index contributed by atoms with van der Waals surface area (Å²) in [7, 11) is 0. The van der Waals surface area contributed by atoms with Crippen LogP contribution in [0.2, 0.25) is 0 Å². The summed E-state index contributed by atoms with van der Waals surface area (Å²) in [5.74, 6) is 0. The van der Waals surface area contributed by atoms with Crippen LogP contribution in [0.1, 0.15) is 25.0 Å². The fourth-order valence-corrected chi connectivity index (χ4v) is 1.67. The molecule has 1 aromatic carbocycles. The van der Waals surface area contributed by atoms with Crippen molar-refractivity contribution in [2.75, 3.05) is 0 Å². The summed E-state index contributed by atoms with van der Waals surface area (Å²) in [6.45, 7) is 4.35. The zero-order chi connectivity index (χ0) is 9.26. The number of benzene rings is 1. The van der Waals surface area contributed by atoms with Gasteiger partial charge in [0, 0.05) is 0 Å². The zero-order valence-corrected chi connectivity index (χ0v) is 8.09. The molecule has 0 atom stereocenters. The lowest BCUT2D eigenvalue weighted by Crippen LogP contribution is -1.87. The SMILES string of the molecule is CCc1cc(CC)c2[nH]cnc2c1. The number of aromatic amines is 1. The highest BCUT2D eigenvalue weighted by molar-refractivity contribution is 5.79. The number of H-pyrrole nitrogens is 1. The monoisotopic (exact) mass is 174 g/mol. The predicted octanol–water partition coefficient (Wildman–Crippen LogP) is 2.69. The number of rotatable bonds is 2. The van der Waals surface area contributed by atoms with Gasteiger partial charge >= 0.3 is 0 Å². The van der Waals surface area contributed by atoms with Gasteiger partial charge in [-0.25, -0.2) is 4.98 Å². The molecule has 0 aliphatic carbocycles. The van der Waals surface area contributed by atoms with Gasteiger partial charge in [-0.3, -0.25) is 0 Å². The Morgan fingerprint density at radius 3 is 2.77 bits per heavy atom. The summed E-state index contributed by atoms with van der Waals surface area (Å²) in [5, 5.41) is 0. The maximum Gasteiger partial charge on any atom is 0.0931 e. The largest absolute Gasteiger partial charge is 0.344 e. The molecule has 1 heterocycles. The van der Waals surface area contributed by atoms with Gasteiger partial charge in [-0.05, 0) is 30.0 Å². The Morgan fingerprint density at radius 1 is 1.23 bits per heavy atom. The minimum atomic E-state index is 1.06. The minimum absolute atomic E-state index is 1.06. The molecule has 1 aromatic heterocycles. The van der Waals surface area contributed by atoms with Crippen molar-refractivity contribution in [1.29, 1.82) is 0 Å². The Kier molecular flexibility index (Phi) is 2.05. The summed E-state index contributed by atoms with van der Waals surface area (Å²) in [6, 6.07) is 4.42. The van der Waals surface area contributed by atoms with E-state index in [-0.39, 0.29) is 0 Å². The fraction of sp³-hybridized carbons (Fsp3) is 0.364. The second kappa shape index (κ2) is 3.21. The van der Waals surface area contributed by atoms with Crippen molar-refractivity contribution in [2.45, 2.75) is 26.7 Å². The summed E-state index contributed by atoms with van der Waals surface area (Å²) in [5.41, 5.74) is 5.03. The summed E-state index contributed by atoms with van der Waals surface area (Å²) in [6.07, 6.45) is 3.91. The third-order valence-electron chi connectivity index (χ3n) is 2.46. The molecule has 0 saturated carbocycles. The Bertz CT molecular complexity index is 415. The topological polar surface area (TPSA) is 28.7 Å². The Morgan fingerprint density at radius 2 is 2.08 bits per heavy atom. The van der Waals surface area contributed by atoms with E-state index in [2.05, 4.69) is 35.9 Å². The molecule has 0 saturated heterocycles. The van der Waals surface area contributed by atoms with E-state index in [1.807, 2.05) is 0 Å². The Hall–Kier alpha value is -1.31. The van der Waals surface area contributed by atoms with Crippen molar-refractivity contribution < 1.29 is 0 Å². The normalized spacial score (nSPS) is 10.9. The first-order valence-electron chi connectivity index (χ1n) is 4.80. The first-order chi connectivity index (χ1) is 6.35. The molecule has 0 fully saturated rings. The van der Waals surface area contributed by atoms with Crippen LogP contribution in [-0.2, 0) is 12.8 Å². The molecule has 0 bridgehead atoms. The predicted molar refractivity (Wildman–Crippen MR) is 54.8 cm³/mol. The number of aromatic nitrogens is 2. The van der Waals surface area contributed by atoms with E-state index in [1.165, 1.54) is 16.6 Å². The number of nitrogens with one attached hydrogen (secondary N) is 1. The fourth-order valence-electron chi connectivity index (χ4n) is 1.67. The molecule has 13 heavy (non-hydrogen) atoms. The van der Waals surface area contributed by atoms with Gasteiger partial charge < -0.3 is 4.98 Å². The lowest BCUT2D eigenvalue weighted by molar-refractivity contribution is 1.10. The van der Waals surface area contributed by atoms with Crippen LogP contribution < -0.4 is 0 Å². The molecule has 2 rings (SSSR count). The average molecular weight is 174 g/mol. The lowest BCUT2D eigenvalue weighted by Gasteiger charge is -2.02. The quantitative estimate of drug-likeness (QED) is 0.745. The first kappa shape index (κ1) is 8.30. The molecule has 0 spiro atoms. The van der Waals surface area contributed by atoms with Gasteiger partial charge in [0.2, 0.25) is 0 Å². The van der Waals surface area contributed by atoms with Gasteiger partial charge in [-0.15, -0.1) is 0 Å². The number of hydrogen-bond donors (Lipinski definition) is 1. The molecule has 0 radical (unpaired) electrons. The van der Waals surface area contributed by atoms with Crippen LogP contribution in [0.15, 0.2) is 18.5 Å². The third-order valence-corrected chi connectivity index (χ3v) is 2.46. The molecular formula is C11H14N2. The van der Waals surface area contributed by atoms with E-state index >= 15 is 0 Å². The van der Waals surface area contributed by atoms with E-state index in [4.69, 9.17) is 0 Å². The van der Waals surface area contributed by atoms with Crippen LogP contribution in [0.3, 0.4) is 0 Å². The summed E-state index contributed by atoms with van der Waals surface area (Å²) >= 11 is 0. The number of hydrogen-bond acceptors (Lipinski definition) is 1. The number of nitrogens with zero attached hydrogens (tertiary/aromatic N) is 1. The summed E-state index contributed by atoms with van der Waals surface area (Å²) in [4.78, 5) is 7.46. The Balaban J connectivity index is 2.70. The van der Waals surface area contributed by atoms with Crippen LogP contribution in [0.25, 0.3) is 11.0 Å². The van der Waals surface area contributed by atoms with E-state index in [0.717, 1.165) is 18.4 Å². The number of aryl methyl sites for hydroxylation is 2. The van der Waals surface area contributed by atoms with Gasteiger partial charge in [0.25, 0.3) is 0 Å². The molecule has 1 N–H and O–H groups in total. The summed E-state index contributed by atoms with van der Waals surface area (Å²) < 4.78 is 0. The van der Waals surface area contributed by atoms with Crippen molar-refractivity contribution in [2.24, 2.45) is 0 Å². The molecule has 2 heteroatoms. The van der Waals surface area contributed by atoms with Gasteiger partial charge in [-0.1, -0.05) is 19.9 Å². The highest BCUT2D eigenvalue weighted by Gasteiger charge is 2.03. The van der Waals surface area contributed by atoms with Gasteiger partial charge in [0.15, 0.2) is 0 Å². The molecule has 0 unspecified atom stereocenters. The number of fused-ring (bicyclic) bond motifs is 1. The zero-order valence-electron chi connectivity index (χ0n) is 8.09. The minimum Gasteiger partial charge on any atom is -0.344 e. The molecule has 0 amide bonds. The van der Waals surface area contributed by atoms with E-state index in [1.54, 1.807) is 6.33 Å². The van der Waals surface area contributed by atoms with Crippen LogP contribution in [0, 0.1) is 0 Å².